The SMILES string of the molecule is CCNCCC(C)Oc1ccccc1C(C)CC. The van der Waals surface area contributed by atoms with E-state index in [1.807, 2.05) is 0 Å². The molecule has 0 aromatic heterocycles. The van der Waals surface area contributed by atoms with Gasteiger partial charge in [0.25, 0.3) is 0 Å². The highest BCUT2D eigenvalue weighted by Crippen LogP contribution is 2.29. The molecule has 2 atom stereocenters. The van der Waals surface area contributed by atoms with Crippen LogP contribution >= 0.6 is 0 Å². The van der Waals surface area contributed by atoms with E-state index in [0.717, 1.165) is 31.7 Å². The molecule has 1 N–H and O–H groups in total. The van der Waals surface area contributed by atoms with Crippen molar-refractivity contribution in [2.75, 3.05) is 13.1 Å². The van der Waals surface area contributed by atoms with E-state index in [2.05, 4.69) is 57.3 Å². The molecule has 0 aliphatic carbocycles. The van der Waals surface area contributed by atoms with Gasteiger partial charge in [-0.25, -0.2) is 0 Å². The summed E-state index contributed by atoms with van der Waals surface area (Å²) in [7, 11) is 0. The highest BCUT2D eigenvalue weighted by Gasteiger charge is 2.11. The maximum Gasteiger partial charge on any atom is 0.123 e. The molecule has 0 heterocycles. The molecular weight excluding hydrogens is 222 g/mol. The second-order valence-corrected chi connectivity index (χ2v) is 4.92. The lowest BCUT2D eigenvalue weighted by molar-refractivity contribution is 0.207. The molecule has 0 radical (unpaired) electrons. The smallest absolute Gasteiger partial charge is 0.123 e. The first-order valence-electron chi connectivity index (χ1n) is 7.15. The van der Waals surface area contributed by atoms with E-state index in [0.29, 0.717) is 5.92 Å². The lowest BCUT2D eigenvalue weighted by Gasteiger charge is -2.20. The fourth-order valence-electron chi connectivity index (χ4n) is 1.97. The number of para-hydroxylation sites is 1. The summed E-state index contributed by atoms with van der Waals surface area (Å²) in [5, 5.41) is 3.33. The predicted molar refractivity (Wildman–Crippen MR) is 78.4 cm³/mol. The highest BCUT2D eigenvalue weighted by molar-refractivity contribution is 5.36. The molecule has 1 aromatic rings. The largest absolute Gasteiger partial charge is 0.490 e. The van der Waals surface area contributed by atoms with E-state index in [9.17, 15) is 0 Å². The van der Waals surface area contributed by atoms with Crippen molar-refractivity contribution in [3.05, 3.63) is 29.8 Å². The van der Waals surface area contributed by atoms with E-state index in [-0.39, 0.29) is 6.10 Å². The van der Waals surface area contributed by atoms with Gasteiger partial charge in [-0.2, -0.15) is 0 Å². The second kappa shape index (κ2) is 8.15. The van der Waals surface area contributed by atoms with Crippen LogP contribution in [0.1, 0.15) is 52.0 Å². The van der Waals surface area contributed by atoms with Crippen LogP contribution < -0.4 is 10.1 Å². The summed E-state index contributed by atoms with van der Waals surface area (Å²) >= 11 is 0. The Labute approximate surface area is 112 Å². The van der Waals surface area contributed by atoms with Crippen LogP contribution in [0.5, 0.6) is 5.75 Å². The van der Waals surface area contributed by atoms with Crippen molar-refractivity contribution in [2.45, 2.75) is 52.6 Å². The summed E-state index contributed by atoms with van der Waals surface area (Å²) in [6.07, 6.45) is 2.45. The minimum Gasteiger partial charge on any atom is -0.490 e. The molecule has 0 spiro atoms. The van der Waals surface area contributed by atoms with Crippen LogP contribution in [0.15, 0.2) is 24.3 Å². The van der Waals surface area contributed by atoms with Crippen LogP contribution in [-0.4, -0.2) is 19.2 Å². The molecule has 0 bridgehead atoms. The van der Waals surface area contributed by atoms with Crippen molar-refractivity contribution < 1.29 is 4.74 Å². The van der Waals surface area contributed by atoms with Gasteiger partial charge in [0.2, 0.25) is 0 Å². The molecular formula is C16H27NO. The lowest BCUT2D eigenvalue weighted by atomic mass is 9.98. The van der Waals surface area contributed by atoms with Crippen LogP contribution in [-0.2, 0) is 0 Å². The van der Waals surface area contributed by atoms with Crippen LogP contribution in [0.4, 0.5) is 0 Å². The van der Waals surface area contributed by atoms with Gasteiger partial charge in [-0.1, -0.05) is 39.0 Å². The highest BCUT2D eigenvalue weighted by atomic mass is 16.5. The normalized spacial score (nSPS) is 14.2. The molecule has 2 nitrogen and oxygen atoms in total. The maximum atomic E-state index is 6.08. The fraction of sp³-hybridized carbons (Fsp3) is 0.625. The topological polar surface area (TPSA) is 21.3 Å². The summed E-state index contributed by atoms with van der Waals surface area (Å²) in [6.45, 7) is 10.8. The third kappa shape index (κ3) is 4.69. The Kier molecular flexibility index (Phi) is 6.81. The van der Waals surface area contributed by atoms with Crippen LogP contribution in [0.25, 0.3) is 0 Å². The summed E-state index contributed by atoms with van der Waals surface area (Å²) in [6, 6.07) is 8.42. The number of nitrogens with one attached hydrogen (secondary N) is 1. The molecule has 0 fully saturated rings. The van der Waals surface area contributed by atoms with Crippen molar-refractivity contribution in [1.29, 1.82) is 0 Å². The van der Waals surface area contributed by atoms with Gasteiger partial charge in [0.1, 0.15) is 5.75 Å². The number of benzene rings is 1. The van der Waals surface area contributed by atoms with Crippen molar-refractivity contribution in [1.82, 2.24) is 5.32 Å². The van der Waals surface area contributed by atoms with Gasteiger partial charge < -0.3 is 10.1 Å². The Balaban J connectivity index is 2.60. The maximum absolute atomic E-state index is 6.08. The molecule has 0 aliphatic rings. The third-order valence-electron chi connectivity index (χ3n) is 3.37. The Morgan fingerprint density at radius 2 is 1.89 bits per heavy atom. The first-order chi connectivity index (χ1) is 8.69. The molecule has 1 rings (SSSR count). The minimum absolute atomic E-state index is 0.259. The van der Waals surface area contributed by atoms with Crippen molar-refractivity contribution in [3.8, 4) is 5.75 Å². The van der Waals surface area contributed by atoms with E-state index >= 15 is 0 Å². The second-order valence-electron chi connectivity index (χ2n) is 4.92. The molecule has 2 unspecified atom stereocenters. The summed E-state index contributed by atoms with van der Waals surface area (Å²) < 4.78 is 6.08. The molecule has 18 heavy (non-hydrogen) atoms. The number of hydrogen-bond acceptors (Lipinski definition) is 2. The van der Waals surface area contributed by atoms with Crippen molar-refractivity contribution >= 4 is 0 Å². The average molecular weight is 249 g/mol. The third-order valence-corrected chi connectivity index (χ3v) is 3.37. The Morgan fingerprint density at radius 1 is 1.17 bits per heavy atom. The zero-order chi connectivity index (χ0) is 13.4. The Hall–Kier alpha value is -1.02. The monoisotopic (exact) mass is 249 g/mol. The number of rotatable bonds is 8. The zero-order valence-corrected chi connectivity index (χ0v) is 12.2. The molecule has 2 heteroatoms. The lowest BCUT2D eigenvalue weighted by Crippen LogP contribution is -2.22. The number of ether oxygens (including phenoxy) is 1. The standard InChI is InChI=1S/C16H27NO/c1-5-13(3)15-9-7-8-10-16(15)18-14(4)11-12-17-6-2/h7-10,13-14,17H,5-6,11-12H2,1-4H3. The van der Waals surface area contributed by atoms with Crippen LogP contribution in [0, 0.1) is 0 Å². The van der Waals surface area contributed by atoms with Gasteiger partial charge in [-0.3, -0.25) is 0 Å². The summed E-state index contributed by atoms with van der Waals surface area (Å²) in [4.78, 5) is 0. The van der Waals surface area contributed by atoms with Gasteiger partial charge in [0, 0.05) is 0 Å². The predicted octanol–water partition coefficient (Wildman–Crippen LogP) is 3.97. The van der Waals surface area contributed by atoms with Crippen LogP contribution in [0.2, 0.25) is 0 Å². The van der Waals surface area contributed by atoms with Crippen molar-refractivity contribution in [2.24, 2.45) is 0 Å². The van der Waals surface area contributed by atoms with Gasteiger partial charge in [-0.15, -0.1) is 0 Å². The summed E-state index contributed by atoms with van der Waals surface area (Å²) in [5.41, 5.74) is 1.33. The molecule has 0 amide bonds. The molecule has 0 saturated heterocycles. The Morgan fingerprint density at radius 3 is 2.56 bits per heavy atom. The first-order valence-corrected chi connectivity index (χ1v) is 7.15. The zero-order valence-electron chi connectivity index (χ0n) is 12.2. The average Bonchev–Trinajstić information content (AvgIpc) is 2.39. The first kappa shape index (κ1) is 15.0. The van der Waals surface area contributed by atoms with Crippen LogP contribution in [0.3, 0.4) is 0 Å². The van der Waals surface area contributed by atoms with E-state index < -0.39 is 0 Å². The fourth-order valence-corrected chi connectivity index (χ4v) is 1.97. The van der Waals surface area contributed by atoms with Crippen molar-refractivity contribution in [3.63, 3.8) is 0 Å². The Bertz CT molecular complexity index is 338. The van der Waals surface area contributed by atoms with E-state index in [4.69, 9.17) is 4.74 Å². The molecule has 1 aromatic carbocycles. The quantitative estimate of drug-likeness (QED) is 0.704. The van der Waals surface area contributed by atoms with E-state index in [1.54, 1.807) is 0 Å². The van der Waals surface area contributed by atoms with Gasteiger partial charge in [0.05, 0.1) is 6.10 Å². The van der Waals surface area contributed by atoms with Gasteiger partial charge in [-0.05, 0) is 50.4 Å². The minimum atomic E-state index is 0.259. The molecule has 102 valence electrons. The summed E-state index contributed by atoms with van der Waals surface area (Å²) in [5.74, 6) is 1.61. The van der Waals surface area contributed by atoms with E-state index in [1.165, 1.54) is 5.56 Å². The number of hydrogen-bond donors (Lipinski definition) is 1. The molecule has 0 aliphatic heterocycles. The van der Waals surface area contributed by atoms with Gasteiger partial charge >= 0.3 is 0 Å². The molecule has 0 saturated carbocycles. The van der Waals surface area contributed by atoms with Gasteiger partial charge in [0.15, 0.2) is 0 Å².